The maximum absolute atomic E-state index is 12.7. The Bertz CT molecular complexity index is 953. The predicted molar refractivity (Wildman–Crippen MR) is 116 cm³/mol. The summed E-state index contributed by atoms with van der Waals surface area (Å²) in [5, 5.41) is 4.88. The van der Waals surface area contributed by atoms with Crippen LogP contribution in [0.4, 0.5) is 0 Å². The lowest BCUT2D eigenvalue weighted by molar-refractivity contribution is 0.0896. The van der Waals surface area contributed by atoms with Gasteiger partial charge in [-0.05, 0) is 43.1 Å². The van der Waals surface area contributed by atoms with Gasteiger partial charge in [0.15, 0.2) is 16.6 Å². The first kappa shape index (κ1) is 20.0. The first-order valence-electron chi connectivity index (χ1n) is 10.1. The van der Waals surface area contributed by atoms with Crippen molar-refractivity contribution in [2.24, 2.45) is 5.92 Å². The fourth-order valence-corrected chi connectivity index (χ4v) is 3.84. The molecule has 1 aromatic heterocycles. The van der Waals surface area contributed by atoms with E-state index in [4.69, 9.17) is 26.4 Å². The lowest BCUT2D eigenvalue weighted by atomic mass is 10.1. The Hall–Kier alpha value is -2.32. The zero-order valence-electron chi connectivity index (χ0n) is 16.8. The van der Waals surface area contributed by atoms with Crippen molar-refractivity contribution in [2.45, 2.75) is 39.3 Å². The van der Waals surface area contributed by atoms with Crippen LogP contribution >= 0.6 is 12.2 Å². The summed E-state index contributed by atoms with van der Waals surface area (Å²) < 4.78 is 16.7. The minimum atomic E-state index is -0.125. The van der Waals surface area contributed by atoms with Crippen LogP contribution in [0.3, 0.4) is 0 Å². The second-order valence-corrected chi connectivity index (χ2v) is 8.40. The number of rotatable bonds is 6. The zero-order valence-corrected chi connectivity index (χ0v) is 17.6. The number of hydrogen-bond acceptors (Lipinski definition) is 5. The number of aromatic amines is 1. The van der Waals surface area contributed by atoms with Crippen molar-refractivity contribution in [1.82, 2.24) is 15.2 Å². The van der Waals surface area contributed by atoms with E-state index in [1.54, 1.807) is 0 Å². The average Bonchev–Trinajstić information content (AvgIpc) is 3.35. The molecule has 156 valence electrons. The van der Waals surface area contributed by atoms with Crippen LogP contribution in [0.5, 0.6) is 11.5 Å². The number of nitrogens with zero attached hydrogens (tertiary/aromatic N) is 1. The maximum Gasteiger partial charge on any atom is 0.253 e. The van der Waals surface area contributed by atoms with Gasteiger partial charge in [-0.3, -0.25) is 4.79 Å². The molecule has 2 aliphatic rings. The van der Waals surface area contributed by atoms with E-state index >= 15 is 0 Å². The van der Waals surface area contributed by atoms with Crippen molar-refractivity contribution in [3.63, 3.8) is 0 Å². The molecule has 1 fully saturated rings. The van der Waals surface area contributed by atoms with E-state index in [0.717, 1.165) is 36.9 Å². The molecule has 0 saturated carbocycles. The highest BCUT2D eigenvalue weighted by Crippen LogP contribution is 2.35. The molecule has 0 unspecified atom stereocenters. The summed E-state index contributed by atoms with van der Waals surface area (Å²) in [5.41, 5.74) is 1.26. The highest BCUT2D eigenvalue weighted by atomic mass is 32.1. The lowest BCUT2D eigenvalue weighted by Crippen LogP contribution is -2.44. The van der Waals surface area contributed by atoms with Crippen LogP contribution in [0.25, 0.3) is 10.9 Å². The van der Waals surface area contributed by atoms with Gasteiger partial charge < -0.3 is 29.4 Å². The lowest BCUT2D eigenvalue weighted by Gasteiger charge is -2.28. The summed E-state index contributed by atoms with van der Waals surface area (Å²) in [6.45, 7) is 7.14. The Morgan fingerprint density at radius 2 is 2.10 bits per heavy atom. The molecule has 3 heterocycles. The van der Waals surface area contributed by atoms with Crippen LogP contribution in [-0.4, -0.2) is 47.6 Å². The van der Waals surface area contributed by atoms with Crippen LogP contribution in [-0.2, 0) is 11.3 Å². The molecule has 2 aromatic rings. The molecular weight excluding hydrogens is 390 g/mol. The topological polar surface area (TPSA) is 75.8 Å². The Morgan fingerprint density at radius 3 is 2.83 bits per heavy atom. The highest BCUT2D eigenvalue weighted by Gasteiger charge is 2.22. The van der Waals surface area contributed by atoms with E-state index in [0.29, 0.717) is 41.2 Å². The fraction of sp³-hybridized carbons (Fsp3) is 0.524. The van der Waals surface area contributed by atoms with Gasteiger partial charge in [-0.2, -0.15) is 0 Å². The number of ether oxygens (including phenoxy) is 3. The summed E-state index contributed by atoms with van der Waals surface area (Å²) >= 11 is 5.64. The largest absolute Gasteiger partial charge is 0.454 e. The smallest absolute Gasteiger partial charge is 0.253 e. The Morgan fingerprint density at radius 1 is 1.31 bits per heavy atom. The number of benzene rings is 1. The van der Waals surface area contributed by atoms with Crippen molar-refractivity contribution in [1.29, 1.82) is 0 Å². The summed E-state index contributed by atoms with van der Waals surface area (Å²) in [6, 6.07) is 5.61. The van der Waals surface area contributed by atoms with E-state index in [2.05, 4.69) is 24.1 Å². The molecule has 0 aliphatic carbocycles. The van der Waals surface area contributed by atoms with E-state index in [-0.39, 0.29) is 18.5 Å². The quantitative estimate of drug-likeness (QED) is 0.700. The van der Waals surface area contributed by atoms with Gasteiger partial charge in [-0.15, -0.1) is 0 Å². The minimum absolute atomic E-state index is 0.125. The van der Waals surface area contributed by atoms with Crippen molar-refractivity contribution >= 4 is 28.2 Å². The third kappa shape index (κ3) is 4.64. The maximum atomic E-state index is 12.7. The van der Waals surface area contributed by atoms with Gasteiger partial charge in [0.1, 0.15) is 0 Å². The second-order valence-electron chi connectivity index (χ2n) is 8.01. The Labute approximate surface area is 175 Å². The molecule has 2 aliphatic heterocycles. The molecule has 4 rings (SSSR count). The van der Waals surface area contributed by atoms with Crippen molar-refractivity contribution < 1.29 is 14.2 Å². The standard InChI is InChI=1S/C21H27N3O4S/c1-13(2)9-22-21(29)24(11-16-4-3-5-26-16)10-15-6-14-7-18-19(28-12-27-18)8-17(14)23-20(15)25/h6-8,13,16H,3-5,9-12H2,1-2H3,(H,22,29)(H,23,25)/t16-/m1/s1. The molecule has 1 aromatic carbocycles. The van der Waals surface area contributed by atoms with Crippen molar-refractivity contribution in [3.8, 4) is 11.5 Å². The van der Waals surface area contributed by atoms with Gasteiger partial charge >= 0.3 is 0 Å². The van der Waals surface area contributed by atoms with E-state index in [1.807, 2.05) is 23.1 Å². The van der Waals surface area contributed by atoms with Crippen LogP contribution in [0.15, 0.2) is 23.0 Å². The predicted octanol–water partition coefficient (Wildman–Crippen LogP) is 2.77. The zero-order chi connectivity index (χ0) is 20.4. The minimum Gasteiger partial charge on any atom is -0.454 e. The van der Waals surface area contributed by atoms with Crippen molar-refractivity contribution in [3.05, 3.63) is 34.1 Å². The highest BCUT2D eigenvalue weighted by molar-refractivity contribution is 7.80. The summed E-state index contributed by atoms with van der Waals surface area (Å²) in [7, 11) is 0. The van der Waals surface area contributed by atoms with Crippen LogP contribution < -0.4 is 20.3 Å². The Kier molecular flexibility index (Phi) is 5.91. The van der Waals surface area contributed by atoms with Gasteiger partial charge in [0.25, 0.3) is 5.56 Å². The van der Waals surface area contributed by atoms with Crippen LogP contribution in [0.1, 0.15) is 32.3 Å². The number of H-pyrrole nitrogens is 1. The number of aromatic nitrogens is 1. The monoisotopic (exact) mass is 417 g/mol. The molecule has 2 N–H and O–H groups in total. The molecule has 7 nitrogen and oxygen atoms in total. The number of hydrogen-bond donors (Lipinski definition) is 2. The molecule has 29 heavy (non-hydrogen) atoms. The first-order valence-corrected chi connectivity index (χ1v) is 10.5. The third-order valence-corrected chi connectivity index (χ3v) is 5.57. The SMILES string of the molecule is CC(C)CNC(=S)N(Cc1cc2cc3c(cc2[nH]c1=O)OCO3)C[C@H]1CCCO1. The molecule has 0 amide bonds. The molecule has 0 radical (unpaired) electrons. The van der Waals surface area contributed by atoms with Crippen molar-refractivity contribution in [2.75, 3.05) is 26.5 Å². The van der Waals surface area contributed by atoms with Gasteiger partial charge in [-0.1, -0.05) is 13.8 Å². The molecule has 0 spiro atoms. The average molecular weight is 418 g/mol. The number of thiocarbonyl (C=S) groups is 1. The second kappa shape index (κ2) is 8.59. The Balaban J connectivity index is 1.58. The molecular formula is C21H27N3O4S. The number of nitrogens with one attached hydrogen (secondary N) is 2. The van der Waals surface area contributed by atoms with E-state index < -0.39 is 0 Å². The number of pyridine rings is 1. The molecule has 0 bridgehead atoms. The van der Waals surface area contributed by atoms with Crippen LogP contribution in [0.2, 0.25) is 0 Å². The third-order valence-electron chi connectivity index (χ3n) is 5.17. The molecule has 8 heteroatoms. The first-order chi connectivity index (χ1) is 14.0. The van der Waals surface area contributed by atoms with Gasteiger partial charge in [-0.25, -0.2) is 0 Å². The van der Waals surface area contributed by atoms with E-state index in [1.165, 1.54) is 0 Å². The summed E-state index contributed by atoms with van der Waals surface area (Å²) in [5.74, 6) is 1.83. The molecule has 1 atom stereocenters. The van der Waals surface area contributed by atoms with Crippen LogP contribution in [0, 0.1) is 5.92 Å². The summed E-state index contributed by atoms with van der Waals surface area (Å²) in [4.78, 5) is 17.7. The number of fused-ring (bicyclic) bond motifs is 2. The van der Waals surface area contributed by atoms with E-state index in [9.17, 15) is 4.79 Å². The fourth-order valence-electron chi connectivity index (χ4n) is 3.62. The van der Waals surface area contributed by atoms with Gasteiger partial charge in [0, 0.05) is 36.7 Å². The summed E-state index contributed by atoms with van der Waals surface area (Å²) in [6.07, 6.45) is 2.22. The molecule has 1 saturated heterocycles. The normalized spacial score (nSPS) is 17.8. The van der Waals surface area contributed by atoms with Gasteiger partial charge in [0.05, 0.1) is 18.2 Å². The van der Waals surface area contributed by atoms with Gasteiger partial charge in [0.2, 0.25) is 6.79 Å².